The summed E-state index contributed by atoms with van der Waals surface area (Å²) in [6.45, 7) is 9.77. The summed E-state index contributed by atoms with van der Waals surface area (Å²) in [5.74, 6) is -0.545. The zero-order valence-corrected chi connectivity index (χ0v) is 8.29. The Balaban J connectivity index is 3.91. The second kappa shape index (κ2) is 5.80. The molecule has 0 radical (unpaired) electrons. The van der Waals surface area contributed by atoms with Crippen molar-refractivity contribution in [1.82, 2.24) is 10.6 Å². The minimum Gasteiger partial charge on any atom is -0.439 e. The lowest BCUT2D eigenvalue weighted by molar-refractivity contribution is -0.144. The van der Waals surface area contributed by atoms with Crippen LogP contribution in [-0.4, -0.2) is 18.2 Å². The molecule has 0 heterocycles. The van der Waals surface area contributed by atoms with Crippen LogP contribution in [0.2, 0.25) is 0 Å². The third-order valence-electron chi connectivity index (χ3n) is 1.20. The Morgan fingerprint density at radius 2 is 2.07 bits per heavy atom. The van der Waals surface area contributed by atoms with Gasteiger partial charge in [0.2, 0.25) is 0 Å². The lowest BCUT2D eigenvalue weighted by Gasteiger charge is -2.14. The van der Waals surface area contributed by atoms with Crippen LogP contribution in [0.15, 0.2) is 24.9 Å². The zero-order chi connectivity index (χ0) is 11.1. The highest BCUT2D eigenvalue weighted by atomic mass is 16.6. The van der Waals surface area contributed by atoms with Gasteiger partial charge in [-0.3, -0.25) is 0 Å². The molecule has 2 amide bonds. The molecule has 0 aromatic carbocycles. The molecule has 5 heteroatoms. The second-order valence-electron chi connectivity index (χ2n) is 2.65. The molecule has 0 aliphatic heterocycles. The van der Waals surface area contributed by atoms with Crippen LogP contribution >= 0.6 is 0 Å². The van der Waals surface area contributed by atoms with E-state index in [2.05, 4.69) is 23.8 Å². The first kappa shape index (κ1) is 12.2. The summed E-state index contributed by atoms with van der Waals surface area (Å²) >= 11 is 0. The molecule has 0 saturated carbocycles. The lowest BCUT2D eigenvalue weighted by Crippen LogP contribution is -2.40. The van der Waals surface area contributed by atoms with Gasteiger partial charge < -0.3 is 15.4 Å². The van der Waals surface area contributed by atoms with Crippen LogP contribution in [0.5, 0.6) is 0 Å². The third kappa shape index (κ3) is 4.97. The van der Waals surface area contributed by atoms with Crippen molar-refractivity contribution in [3.8, 4) is 0 Å². The van der Waals surface area contributed by atoms with Gasteiger partial charge in [-0.2, -0.15) is 0 Å². The fourth-order valence-electron chi connectivity index (χ4n) is 0.610. The highest BCUT2D eigenvalue weighted by Gasteiger charge is 2.11. The molecule has 5 nitrogen and oxygen atoms in total. The van der Waals surface area contributed by atoms with E-state index in [9.17, 15) is 9.59 Å². The topological polar surface area (TPSA) is 67.4 Å². The lowest BCUT2D eigenvalue weighted by atomic mass is 10.4. The first-order valence-corrected chi connectivity index (χ1v) is 4.01. The molecule has 0 aromatic heterocycles. The third-order valence-corrected chi connectivity index (χ3v) is 1.20. The van der Waals surface area contributed by atoms with Crippen LogP contribution in [0.3, 0.4) is 0 Å². The molecule has 0 rings (SSSR count). The van der Waals surface area contributed by atoms with Gasteiger partial charge in [0.25, 0.3) is 0 Å². The number of carbonyl (C=O) groups is 2. The summed E-state index contributed by atoms with van der Waals surface area (Å²) in [5, 5.41) is 4.64. The smallest absolute Gasteiger partial charge is 0.335 e. The van der Waals surface area contributed by atoms with E-state index in [0.29, 0.717) is 0 Å². The monoisotopic (exact) mass is 198 g/mol. The average Bonchev–Trinajstić information content (AvgIpc) is 2.03. The highest BCUT2D eigenvalue weighted by Crippen LogP contribution is 1.95. The van der Waals surface area contributed by atoms with Crippen molar-refractivity contribution >= 4 is 12.0 Å². The standard InChI is InChI=1S/C9H14N2O3/c1-5-10-9(13)11-7(4)14-8(12)6(2)3/h5,7H,1-2H2,3-4H3,(H2,10,11,13). The van der Waals surface area contributed by atoms with Crippen molar-refractivity contribution in [2.24, 2.45) is 0 Å². The molecule has 1 unspecified atom stereocenters. The minimum absolute atomic E-state index is 0.280. The van der Waals surface area contributed by atoms with Gasteiger partial charge in [-0.25, -0.2) is 9.59 Å². The van der Waals surface area contributed by atoms with Crippen LogP contribution in [-0.2, 0) is 9.53 Å². The molecule has 0 aliphatic carbocycles. The Hall–Kier alpha value is -1.78. The molecule has 2 N–H and O–H groups in total. The van der Waals surface area contributed by atoms with Gasteiger partial charge in [-0.1, -0.05) is 13.2 Å². The van der Waals surface area contributed by atoms with E-state index in [1.165, 1.54) is 20.0 Å². The highest BCUT2D eigenvalue weighted by molar-refractivity contribution is 5.87. The first-order chi connectivity index (χ1) is 6.47. The maximum atomic E-state index is 11.0. The maximum absolute atomic E-state index is 11.0. The van der Waals surface area contributed by atoms with E-state index in [1.807, 2.05) is 0 Å². The number of rotatable bonds is 4. The molecule has 0 spiro atoms. The maximum Gasteiger partial charge on any atom is 0.335 e. The van der Waals surface area contributed by atoms with E-state index in [1.54, 1.807) is 0 Å². The molecule has 1 atom stereocenters. The van der Waals surface area contributed by atoms with Gasteiger partial charge >= 0.3 is 12.0 Å². The largest absolute Gasteiger partial charge is 0.439 e. The van der Waals surface area contributed by atoms with E-state index >= 15 is 0 Å². The van der Waals surface area contributed by atoms with Crippen molar-refractivity contribution < 1.29 is 14.3 Å². The van der Waals surface area contributed by atoms with Crippen LogP contribution in [0.1, 0.15) is 13.8 Å². The van der Waals surface area contributed by atoms with E-state index in [4.69, 9.17) is 4.74 Å². The number of urea groups is 1. The normalized spacial score (nSPS) is 11.0. The number of amides is 2. The number of esters is 1. The van der Waals surface area contributed by atoms with Crippen LogP contribution in [0.4, 0.5) is 4.79 Å². The van der Waals surface area contributed by atoms with Crippen LogP contribution in [0.25, 0.3) is 0 Å². The van der Waals surface area contributed by atoms with E-state index in [0.717, 1.165) is 0 Å². The minimum atomic E-state index is -0.709. The van der Waals surface area contributed by atoms with Crippen molar-refractivity contribution in [2.75, 3.05) is 0 Å². The quantitative estimate of drug-likeness (QED) is 0.400. The predicted molar refractivity (Wildman–Crippen MR) is 52.2 cm³/mol. The summed E-state index contributed by atoms with van der Waals surface area (Å²) < 4.78 is 4.78. The summed E-state index contributed by atoms with van der Waals surface area (Å²) in [7, 11) is 0. The SMILES string of the molecule is C=CNC(=O)NC(C)OC(=O)C(=C)C. The molecule has 0 fully saturated rings. The Bertz CT molecular complexity index is 261. The van der Waals surface area contributed by atoms with Crippen molar-refractivity contribution in [3.63, 3.8) is 0 Å². The summed E-state index contributed by atoms with van der Waals surface area (Å²) in [6.07, 6.45) is 0.516. The van der Waals surface area contributed by atoms with Gasteiger partial charge in [0, 0.05) is 5.57 Å². The molecule has 0 aliphatic rings. The Kier molecular flexibility index (Phi) is 5.06. The first-order valence-electron chi connectivity index (χ1n) is 4.01. The van der Waals surface area contributed by atoms with Crippen molar-refractivity contribution in [3.05, 3.63) is 24.9 Å². The number of ether oxygens (including phenoxy) is 1. The van der Waals surface area contributed by atoms with Crippen molar-refractivity contribution in [1.29, 1.82) is 0 Å². The fourth-order valence-corrected chi connectivity index (χ4v) is 0.610. The molecule has 0 saturated heterocycles. The van der Waals surface area contributed by atoms with Crippen LogP contribution < -0.4 is 10.6 Å². The van der Waals surface area contributed by atoms with E-state index in [-0.39, 0.29) is 5.57 Å². The molecular formula is C9H14N2O3. The van der Waals surface area contributed by atoms with Crippen LogP contribution in [0, 0.1) is 0 Å². The molecule has 78 valence electrons. The molecule has 0 aromatic rings. The Morgan fingerprint density at radius 1 is 1.50 bits per heavy atom. The molecular weight excluding hydrogens is 184 g/mol. The van der Waals surface area contributed by atoms with Crippen molar-refractivity contribution in [2.45, 2.75) is 20.1 Å². The molecule has 0 bridgehead atoms. The molecule has 14 heavy (non-hydrogen) atoms. The van der Waals surface area contributed by atoms with Gasteiger partial charge in [0.1, 0.15) is 0 Å². The second-order valence-corrected chi connectivity index (χ2v) is 2.65. The van der Waals surface area contributed by atoms with Gasteiger partial charge in [0.05, 0.1) is 0 Å². The number of hydrogen-bond acceptors (Lipinski definition) is 3. The zero-order valence-electron chi connectivity index (χ0n) is 8.29. The van der Waals surface area contributed by atoms with E-state index < -0.39 is 18.2 Å². The fraction of sp³-hybridized carbons (Fsp3) is 0.333. The number of nitrogens with one attached hydrogen (secondary N) is 2. The Labute approximate surface area is 82.8 Å². The average molecular weight is 198 g/mol. The van der Waals surface area contributed by atoms with Gasteiger partial charge in [-0.15, -0.1) is 0 Å². The number of carbonyl (C=O) groups excluding carboxylic acids is 2. The summed E-state index contributed by atoms with van der Waals surface area (Å²) in [6, 6.07) is -0.484. The number of hydrogen-bond donors (Lipinski definition) is 2. The Morgan fingerprint density at radius 3 is 2.50 bits per heavy atom. The van der Waals surface area contributed by atoms with Gasteiger partial charge in [-0.05, 0) is 20.0 Å². The summed E-state index contributed by atoms with van der Waals surface area (Å²) in [5.41, 5.74) is 0.280. The summed E-state index contributed by atoms with van der Waals surface area (Å²) in [4.78, 5) is 21.9. The predicted octanol–water partition coefficient (Wildman–Crippen LogP) is 0.894. The van der Waals surface area contributed by atoms with Gasteiger partial charge in [0.15, 0.2) is 6.23 Å².